The topological polar surface area (TPSA) is 124 Å². The molecule has 0 aliphatic rings. The van der Waals surface area contributed by atoms with Gasteiger partial charge in [-0.1, -0.05) is 18.2 Å². The van der Waals surface area contributed by atoms with Crippen LogP contribution in [0.3, 0.4) is 0 Å². The number of nitriles is 1. The summed E-state index contributed by atoms with van der Waals surface area (Å²) in [5, 5.41) is 18.6. The van der Waals surface area contributed by atoms with Crippen molar-refractivity contribution in [3.05, 3.63) is 71.8 Å². The highest BCUT2D eigenvalue weighted by atomic mass is 32.2. The first-order chi connectivity index (χ1) is 14.1. The van der Waals surface area contributed by atoms with E-state index >= 15 is 0 Å². The molecule has 2 N–H and O–H groups in total. The van der Waals surface area contributed by atoms with Crippen molar-refractivity contribution < 1.29 is 12.6 Å². The van der Waals surface area contributed by atoms with Crippen LogP contribution in [-0.4, -0.2) is 23.2 Å². The van der Waals surface area contributed by atoms with Crippen LogP contribution in [0.25, 0.3) is 0 Å². The maximum absolute atomic E-state index is 11.0. The van der Waals surface area contributed by atoms with Crippen LogP contribution in [0, 0.1) is 11.3 Å². The van der Waals surface area contributed by atoms with Crippen molar-refractivity contribution in [1.29, 1.82) is 5.26 Å². The number of rotatable bonds is 8. The van der Waals surface area contributed by atoms with Crippen molar-refractivity contribution in [3.8, 4) is 11.8 Å². The van der Waals surface area contributed by atoms with Crippen LogP contribution in [0.4, 0.5) is 0 Å². The highest BCUT2D eigenvalue weighted by molar-refractivity contribution is 7.98. The SMILES string of the molecule is CC(C)(C#N)c1cc(CSc2ccc(OS(N)(=O)=O)cc2)cc(Cn2cncn2)c1. The van der Waals surface area contributed by atoms with Crippen LogP contribution in [0.1, 0.15) is 30.5 Å². The normalized spacial score (nSPS) is 11.8. The van der Waals surface area contributed by atoms with Gasteiger partial charge in [0.05, 0.1) is 18.0 Å². The first-order valence-electron chi connectivity index (χ1n) is 8.97. The fraction of sp³-hybridized carbons (Fsp3) is 0.250. The average Bonchev–Trinajstić information content (AvgIpc) is 3.19. The zero-order valence-corrected chi connectivity index (χ0v) is 18.2. The Morgan fingerprint density at radius 3 is 2.50 bits per heavy atom. The van der Waals surface area contributed by atoms with E-state index in [1.165, 1.54) is 6.33 Å². The fourth-order valence-corrected chi connectivity index (χ4v) is 3.96. The average molecular weight is 444 g/mol. The van der Waals surface area contributed by atoms with Crippen LogP contribution in [-0.2, 0) is 28.0 Å². The van der Waals surface area contributed by atoms with E-state index in [0.29, 0.717) is 12.3 Å². The number of thioether (sulfide) groups is 1. The van der Waals surface area contributed by atoms with Crippen LogP contribution >= 0.6 is 11.8 Å². The van der Waals surface area contributed by atoms with Gasteiger partial charge in [0.2, 0.25) is 0 Å². The van der Waals surface area contributed by atoms with Gasteiger partial charge < -0.3 is 4.18 Å². The molecule has 0 unspecified atom stereocenters. The molecule has 30 heavy (non-hydrogen) atoms. The molecule has 0 fully saturated rings. The van der Waals surface area contributed by atoms with Gasteiger partial charge in [0, 0.05) is 10.6 Å². The summed E-state index contributed by atoms with van der Waals surface area (Å²) in [6, 6.07) is 15.2. The Balaban J connectivity index is 1.79. The van der Waals surface area contributed by atoms with Gasteiger partial charge in [-0.25, -0.2) is 9.67 Å². The summed E-state index contributed by atoms with van der Waals surface area (Å²) in [6.07, 6.45) is 3.14. The van der Waals surface area contributed by atoms with Gasteiger partial charge in [-0.3, -0.25) is 0 Å². The summed E-state index contributed by atoms with van der Waals surface area (Å²) in [6.45, 7) is 4.35. The number of aromatic nitrogens is 3. The monoisotopic (exact) mass is 443 g/mol. The molecule has 0 spiro atoms. The molecule has 0 atom stereocenters. The van der Waals surface area contributed by atoms with Gasteiger partial charge in [-0.15, -0.1) is 11.8 Å². The molecule has 1 aromatic heterocycles. The lowest BCUT2D eigenvalue weighted by molar-refractivity contribution is 0.487. The molecule has 0 aliphatic heterocycles. The predicted octanol–water partition coefficient (Wildman–Crippen LogP) is 3.00. The Morgan fingerprint density at radius 1 is 1.20 bits per heavy atom. The molecule has 0 saturated carbocycles. The summed E-state index contributed by atoms with van der Waals surface area (Å²) >= 11 is 1.59. The molecule has 3 rings (SSSR count). The first kappa shape index (κ1) is 21.8. The molecule has 0 amide bonds. The molecule has 2 aromatic carbocycles. The maximum Gasteiger partial charge on any atom is 0.380 e. The van der Waals surface area contributed by atoms with Crippen LogP contribution in [0.2, 0.25) is 0 Å². The highest BCUT2D eigenvalue weighted by Crippen LogP contribution is 2.29. The minimum absolute atomic E-state index is 0.162. The Kier molecular flexibility index (Phi) is 6.45. The summed E-state index contributed by atoms with van der Waals surface area (Å²) in [5.41, 5.74) is 2.43. The van der Waals surface area contributed by atoms with Crippen molar-refractivity contribution in [2.45, 2.75) is 36.5 Å². The highest BCUT2D eigenvalue weighted by Gasteiger charge is 2.21. The molecular formula is C20H21N5O3S2. The molecular weight excluding hydrogens is 422 g/mol. The van der Waals surface area contributed by atoms with E-state index in [4.69, 9.17) is 5.14 Å². The second kappa shape index (κ2) is 8.87. The van der Waals surface area contributed by atoms with Crippen molar-refractivity contribution >= 4 is 22.1 Å². The van der Waals surface area contributed by atoms with Gasteiger partial charge in [0.15, 0.2) is 0 Å². The molecule has 0 aliphatic carbocycles. The molecule has 0 radical (unpaired) electrons. The van der Waals surface area contributed by atoms with E-state index in [0.717, 1.165) is 21.6 Å². The molecule has 0 saturated heterocycles. The summed E-state index contributed by atoms with van der Waals surface area (Å²) in [7, 11) is -4.04. The minimum Gasteiger partial charge on any atom is -0.371 e. The number of nitrogens with two attached hydrogens (primary N) is 1. The second-order valence-electron chi connectivity index (χ2n) is 7.20. The molecule has 0 bridgehead atoms. The van der Waals surface area contributed by atoms with Gasteiger partial charge in [0.25, 0.3) is 0 Å². The van der Waals surface area contributed by atoms with Crippen molar-refractivity contribution in [2.24, 2.45) is 5.14 Å². The van der Waals surface area contributed by atoms with Gasteiger partial charge >= 0.3 is 10.3 Å². The smallest absolute Gasteiger partial charge is 0.371 e. The zero-order valence-electron chi connectivity index (χ0n) is 16.5. The van der Waals surface area contributed by atoms with Crippen LogP contribution < -0.4 is 9.32 Å². The standard InChI is InChI=1S/C20H21N5O3S2/c1-20(2,12-21)17-8-15(10-25-14-23-13-24-25)7-16(9-17)11-29-19-5-3-18(4-6-19)28-30(22,26)27/h3-9,13-14H,10-11H2,1-2H3,(H2,22,26,27). The second-order valence-corrected chi connectivity index (χ2v) is 9.41. The maximum atomic E-state index is 11.0. The zero-order chi connectivity index (χ0) is 21.8. The first-order valence-corrected chi connectivity index (χ1v) is 11.4. The lowest BCUT2D eigenvalue weighted by atomic mass is 9.84. The quantitative estimate of drug-likeness (QED) is 0.531. The molecule has 10 heteroatoms. The van der Waals surface area contributed by atoms with E-state index in [2.05, 4.69) is 26.4 Å². The largest absolute Gasteiger partial charge is 0.380 e. The summed E-state index contributed by atoms with van der Waals surface area (Å²) < 4.78 is 28.4. The fourth-order valence-electron chi connectivity index (χ4n) is 2.76. The Bertz CT molecular complexity index is 1150. The van der Waals surface area contributed by atoms with E-state index in [-0.39, 0.29) is 5.75 Å². The van der Waals surface area contributed by atoms with Gasteiger partial charge in [-0.2, -0.15) is 23.9 Å². The lowest BCUT2D eigenvalue weighted by Crippen LogP contribution is -2.18. The van der Waals surface area contributed by atoms with E-state index in [9.17, 15) is 13.7 Å². The summed E-state index contributed by atoms with van der Waals surface area (Å²) in [5.74, 6) is 0.837. The van der Waals surface area contributed by atoms with Crippen LogP contribution in [0.15, 0.2) is 60.0 Å². The number of hydrogen-bond acceptors (Lipinski definition) is 7. The van der Waals surface area contributed by atoms with Crippen molar-refractivity contribution in [3.63, 3.8) is 0 Å². The number of benzene rings is 2. The Morgan fingerprint density at radius 2 is 1.90 bits per heavy atom. The molecule has 1 heterocycles. The molecule has 156 valence electrons. The third kappa shape index (κ3) is 6.06. The van der Waals surface area contributed by atoms with E-state index in [1.54, 1.807) is 47.0 Å². The third-order valence-electron chi connectivity index (χ3n) is 4.31. The molecule has 8 nitrogen and oxygen atoms in total. The number of nitrogens with zero attached hydrogens (tertiary/aromatic N) is 4. The van der Waals surface area contributed by atoms with Gasteiger partial charge in [0.1, 0.15) is 18.4 Å². The van der Waals surface area contributed by atoms with Crippen molar-refractivity contribution in [2.75, 3.05) is 0 Å². The molecule has 3 aromatic rings. The number of hydrogen-bond donors (Lipinski definition) is 1. The van der Waals surface area contributed by atoms with Crippen molar-refractivity contribution in [1.82, 2.24) is 14.8 Å². The van der Waals surface area contributed by atoms with Gasteiger partial charge in [-0.05, 0) is 54.8 Å². The summed E-state index contributed by atoms with van der Waals surface area (Å²) in [4.78, 5) is 4.92. The van der Waals surface area contributed by atoms with Crippen LogP contribution in [0.5, 0.6) is 5.75 Å². The van der Waals surface area contributed by atoms with E-state index in [1.807, 2.05) is 26.0 Å². The minimum atomic E-state index is -4.04. The van der Waals surface area contributed by atoms with E-state index < -0.39 is 15.7 Å². The Labute approximate surface area is 180 Å². The Hall–Kier alpha value is -2.87. The third-order valence-corrected chi connectivity index (χ3v) is 5.81. The lowest BCUT2D eigenvalue weighted by Gasteiger charge is -2.19. The predicted molar refractivity (Wildman–Crippen MR) is 114 cm³/mol.